The number of rotatable bonds is 6. The summed E-state index contributed by atoms with van der Waals surface area (Å²) in [4.78, 5) is 11.8. The molecule has 0 aromatic heterocycles. The van der Waals surface area contributed by atoms with Crippen LogP contribution in [0.5, 0.6) is 5.75 Å². The molecule has 2 atom stereocenters. The van der Waals surface area contributed by atoms with Crippen molar-refractivity contribution >= 4 is 5.91 Å². The molecule has 1 aromatic carbocycles. The third kappa shape index (κ3) is 6.34. The van der Waals surface area contributed by atoms with Gasteiger partial charge in [-0.05, 0) is 30.5 Å². The number of aliphatic hydroxyl groups is 1. The van der Waals surface area contributed by atoms with Gasteiger partial charge in [-0.25, -0.2) is 0 Å². The van der Waals surface area contributed by atoms with Crippen molar-refractivity contribution in [2.24, 2.45) is 5.92 Å². The molecule has 1 rings (SSSR count). The van der Waals surface area contributed by atoms with Crippen LogP contribution in [0, 0.1) is 5.92 Å². The van der Waals surface area contributed by atoms with Crippen LogP contribution in [0.3, 0.4) is 0 Å². The summed E-state index contributed by atoms with van der Waals surface area (Å²) < 4.78 is 39.9. The first-order chi connectivity index (χ1) is 10.1. The number of alkyl halides is 3. The molecule has 0 bridgehead atoms. The summed E-state index contributed by atoms with van der Waals surface area (Å²) in [7, 11) is 0. The van der Waals surface area contributed by atoms with E-state index >= 15 is 0 Å². The topological polar surface area (TPSA) is 58.6 Å². The fourth-order valence-electron chi connectivity index (χ4n) is 1.77. The average Bonchev–Trinajstić information content (AvgIpc) is 2.37. The first kappa shape index (κ1) is 18.3. The van der Waals surface area contributed by atoms with E-state index in [0.717, 1.165) is 0 Å². The van der Waals surface area contributed by atoms with Crippen molar-refractivity contribution in [3.8, 4) is 5.75 Å². The van der Waals surface area contributed by atoms with Crippen LogP contribution in [0.15, 0.2) is 24.3 Å². The minimum Gasteiger partial charge on any atom is -0.406 e. The van der Waals surface area contributed by atoms with Gasteiger partial charge in [-0.2, -0.15) is 0 Å². The normalized spacial score (nSPS) is 14.5. The highest BCUT2D eigenvalue weighted by atomic mass is 19.4. The Kier molecular flexibility index (Phi) is 6.22. The summed E-state index contributed by atoms with van der Waals surface area (Å²) in [6, 6.07) is 4.89. The van der Waals surface area contributed by atoms with Crippen molar-refractivity contribution in [1.82, 2.24) is 5.32 Å². The number of ether oxygens (including phenoxy) is 1. The van der Waals surface area contributed by atoms with E-state index in [9.17, 15) is 23.1 Å². The first-order valence-electron chi connectivity index (χ1n) is 6.91. The van der Waals surface area contributed by atoms with Gasteiger partial charge in [0.15, 0.2) is 0 Å². The van der Waals surface area contributed by atoms with E-state index in [-0.39, 0.29) is 30.0 Å². The number of amides is 1. The van der Waals surface area contributed by atoms with E-state index < -0.39 is 12.5 Å². The van der Waals surface area contributed by atoms with Crippen molar-refractivity contribution < 1.29 is 27.8 Å². The maximum atomic E-state index is 12.1. The minimum absolute atomic E-state index is 0.0166. The predicted molar refractivity (Wildman–Crippen MR) is 75.1 cm³/mol. The number of hydrogen-bond acceptors (Lipinski definition) is 3. The fourth-order valence-corrected chi connectivity index (χ4v) is 1.77. The highest BCUT2D eigenvalue weighted by Gasteiger charge is 2.31. The van der Waals surface area contributed by atoms with Crippen LogP contribution in [0.4, 0.5) is 13.2 Å². The van der Waals surface area contributed by atoms with E-state index in [4.69, 9.17) is 0 Å². The zero-order valence-electron chi connectivity index (χ0n) is 12.6. The molecule has 1 amide bonds. The molecule has 0 spiro atoms. The van der Waals surface area contributed by atoms with Gasteiger partial charge < -0.3 is 15.2 Å². The van der Waals surface area contributed by atoms with Crippen molar-refractivity contribution in [3.63, 3.8) is 0 Å². The molecule has 2 N–H and O–H groups in total. The lowest BCUT2D eigenvalue weighted by molar-refractivity contribution is -0.274. The molecule has 0 aliphatic rings. The molecule has 124 valence electrons. The molecule has 0 aliphatic heterocycles. The van der Waals surface area contributed by atoms with Crippen LogP contribution in [0.2, 0.25) is 0 Å². The molecule has 1 aromatic rings. The van der Waals surface area contributed by atoms with Crippen LogP contribution in [-0.2, 0) is 4.79 Å². The SMILES string of the molecule is CC(NC(=O)CC(O)C(C)C)c1ccc(OC(F)(F)F)cc1. The van der Waals surface area contributed by atoms with Crippen molar-refractivity contribution in [2.45, 2.75) is 45.7 Å². The van der Waals surface area contributed by atoms with Crippen LogP contribution >= 0.6 is 0 Å². The molecule has 0 fully saturated rings. The Labute approximate surface area is 127 Å². The summed E-state index contributed by atoms with van der Waals surface area (Å²) in [6.07, 6.45) is -5.47. The Balaban J connectivity index is 2.59. The second-order valence-corrected chi connectivity index (χ2v) is 5.42. The van der Waals surface area contributed by atoms with Gasteiger partial charge in [0.1, 0.15) is 5.75 Å². The molecule has 4 nitrogen and oxygen atoms in total. The van der Waals surface area contributed by atoms with Gasteiger partial charge in [-0.3, -0.25) is 4.79 Å². The molecule has 0 aliphatic carbocycles. The molecule has 0 radical (unpaired) electrons. The largest absolute Gasteiger partial charge is 0.573 e. The van der Waals surface area contributed by atoms with Gasteiger partial charge in [-0.1, -0.05) is 26.0 Å². The average molecular weight is 319 g/mol. The molecular weight excluding hydrogens is 299 g/mol. The van der Waals surface area contributed by atoms with Crippen LogP contribution < -0.4 is 10.1 Å². The number of aliphatic hydroxyl groups excluding tert-OH is 1. The standard InChI is InChI=1S/C15H20F3NO3/c1-9(2)13(20)8-14(21)19-10(3)11-4-6-12(7-5-11)22-15(16,17)18/h4-7,9-10,13,20H,8H2,1-3H3,(H,19,21). The molecule has 7 heteroatoms. The highest BCUT2D eigenvalue weighted by Crippen LogP contribution is 2.24. The summed E-state index contributed by atoms with van der Waals surface area (Å²) in [5.41, 5.74) is 0.641. The number of carbonyl (C=O) groups excluding carboxylic acids is 1. The smallest absolute Gasteiger partial charge is 0.406 e. The molecule has 0 saturated carbocycles. The quantitative estimate of drug-likeness (QED) is 0.847. The van der Waals surface area contributed by atoms with Crippen LogP contribution in [-0.4, -0.2) is 23.5 Å². The van der Waals surface area contributed by atoms with Gasteiger partial charge >= 0.3 is 6.36 Å². The minimum atomic E-state index is -4.73. The molecule has 0 heterocycles. The zero-order chi connectivity index (χ0) is 16.9. The van der Waals surface area contributed by atoms with Gasteiger partial charge in [-0.15, -0.1) is 13.2 Å². The third-order valence-corrected chi connectivity index (χ3v) is 3.16. The second-order valence-electron chi connectivity index (χ2n) is 5.42. The van der Waals surface area contributed by atoms with E-state index in [1.54, 1.807) is 20.8 Å². The van der Waals surface area contributed by atoms with Crippen molar-refractivity contribution in [3.05, 3.63) is 29.8 Å². The highest BCUT2D eigenvalue weighted by molar-refractivity contribution is 5.76. The lowest BCUT2D eigenvalue weighted by Crippen LogP contribution is -2.31. The Bertz CT molecular complexity index is 486. The predicted octanol–water partition coefficient (Wildman–Crippen LogP) is 3.17. The van der Waals surface area contributed by atoms with Gasteiger partial charge in [0.25, 0.3) is 0 Å². The van der Waals surface area contributed by atoms with E-state index in [1.165, 1.54) is 24.3 Å². The van der Waals surface area contributed by atoms with Gasteiger partial charge in [0.2, 0.25) is 5.91 Å². The van der Waals surface area contributed by atoms with Crippen molar-refractivity contribution in [2.75, 3.05) is 0 Å². The van der Waals surface area contributed by atoms with Crippen LogP contribution in [0.25, 0.3) is 0 Å². The number of benzene rings is 1. The molecule has 2 unspecified atom stereocenters. The summed E-state index contributed by atoms with van der Waals surface area (Å²) in [5, 5.41) is 12.3. The number of hydrogen-bond donors (Lipinski definition) is 2. The van der Waals surface area contributed by atoms with Crippen LogP contribution in [0.1, 0.15) is 38.8 Å². The number of halogens is 3. The van der Waals surface area contributed by atoms with E-state index in [0.29, 0.717) is 5.56 Å². The maximum Gasteiger partial charge on any atom is 0.573 e. The number of nitrogens with one attached hydrogen (secondary N) is 1. The number of carbonyl (C=O) groups is 1. The zero-order valence-corrected chi connectivity index (χ0v) is 12.6. The Hall–Kier alpha value is -1.76. The van der Waals surface area contributed by atoms with Gasteiger partial charge in [0.05, 0.1) is 18.6 Å². The lowest BCUT2D eigenvalue weighted by Gasteiger charge is -2.18. The molecular formula is C15H20F3NO3. The maximum absolute atomic E-state index is 12.1. The summed E-state index contributed by atoms with van der Waals surface area (Å²) in [5.74, 6) is -0.658. The van der Waals surface area contributed by atoms with Gasteiger partial charge in [0, 0.05) is 0 Å². The fraction of sp³-hybridized carbons (Fsp3) is 0.533. The Morgan fingerprint density at radius 1 is 1.23 bits per heavy atom. The lowest BCUT2D eigenvalue weighted by atomic mass is 10.0. The summed E-state index contributed by atoms with van der Waals surface area (Å²) >= 11 is 0. The van der Waals surface area contributed by atoms with Crippen molar-refractivity contribution in [1.29, 1.82) is 0 Å². The van der Waals surface area contributed by atoms with E-state index in [2.05, 4.69) is 10.1 Å². The molecule has 22 heavy (non-hydrogen) atoms. The Morgan fingerprint density at radius 3 is 2.23 bits per heavy atom. The summed E-state index contributed by atoms with van der Waals surface area (Å²) in [6.45, 7) is 5.32. The first-order valence-corrected chi connectivity index (χ1v) is 6.91. The monoisotopic (exact) mass is 319 g/mol. The Morgan fingerprint density at radius 2 is 1.77 bits per heavy atom. The molecule has 0 saturated heterocycles. The van der Waals surface area contributed by atoms with E-state index in [1.807, 2.05) is 0 Å². The third-order valence-electron chi connectivity index (χ3n) is 3.16. The second kappa shape index (κ2) is 7.49.